The Balaban J connectivity index is 2.06. The monoisotopic (exact) mass is 464 g/mol. The maximum Gasteiger partial charge on any atom is 0.573 e. The second-order valence-corrected chi connectivity index (χ2v) is 6.99. The van der Waals surface area contributed by atoms with Crippen molar-refractivity contribution in [1.82, 2.24) is 9.55 Å². The molecule has 33 heavy (non-hydrogen) atoms. The highest BCUT2D eigenvalue weighted by atomic mass is 19.4. The molecule has 4 rings (SSSR count). The van der Waals surface area contributed by atoms with Crippen LogP contribution < -0.4 is 10.3 Å². The van der Waals surface area contributed by atoms with Crippen LogP contribution in [0.5, 0.6) is 5.75 Å². The Bertz CT molecular complexity index is 1440. The third-order valence-electron chi connectivity index (χ3n) is 4.89. The second kappa shape index (κ2) is 8.08. The van der Waals surface area contributed by atoms with E-state index in [-0.39, 0.29) is 27.6 Å². The third-order valence-corrected chi connectivity index (χ3v) is 4.89. The lowest BCUT2D eigenvalue weighted by Crippen LogP contribution is -2.17. The zero-order valence-corrected chi connectivity index (χ0v) is 16.4. The van der Waals surface area contributed by atoms with E-state index in [0.717, 1.165) is 41.0 Å². The van der Waals surface area contributed by atoms with Gasteiger partial charge in [0.05, 0.1) is 6.54 Å². The minimum absolute atomic E-state index is 0.0531. The Morgan fingerprint density at radius 2 is 1.85 bits per heavy atom. The van der Waals surface area contributed by atoms with E-state index in [0.29, 0.717) is 0 Å². The van der Waals surface area contributed by atoms with Gasteiger partial charge in [0.1, 0.15) is 23.1 Å². The van der Waals surface area contributed by atoms with Crippen molar-refractivity contribution in [2.75, 3.05) is 0 Å². The lowest BCUT2D eigenvalue weighted by atomic mass is 10.0. The lowest BCUT2D eigenvalue weighted by molar-refractivity contribution is -0.274. The fraction of sp³-hybridized carbons (Fsp3) is 0.0909. The fourth-order valence-corrected chi connectivity index (χ4v) is 3.64. The van der Waals surface area contributed by atoms with Gasteiger partial charge in [-0.2, -0.15) is 0 Å². The summed E-state index contributed by atoms with van der Waals surface area (Å²) in [5.41, 5.74) is -1.64. The summed E-state index contributed by atoms with van der Waals surface area (Å²) in [4.78, 5) is 27.1. The molecular weight excluding hydrogens is 451 g/mol. The number of hydrogen-bond donors (Lipinski definition) is 2. The van der Waals surface area contributed by atoms with Crippen LogP contribution in [0, 0.1) is 11.6 Å². The number of pyridine rings is 1. The molecule has 6 nitrogen and oxygen atoms in total. The molecule has 2 heterocycles. The minimum atomic E-state index is -5.01. The number of aromatic carboxylic acids is 1. The second-order valence-electron chi connectivity index (χ2n) is 6.99. The quantitative estimate of drug-likeness (QED) is 0.411. The molecule has 0 spiro atoms. The number of benzene rings is 2. The van der Waals surface area contributed by atoms with E-state index in [1.54, 1.807) is 0 Å². The molecule has 4 aromatic rings. The van der Waals surface area contributed by atoms with Crippen molar-refractivity contribution in [2.45, 2.75) is 12.9 Å². The number of rotatable bonds is 5. The van der Waals surface area contributed by atoms with Crippen LogP contribution in [0.3, 0.4) is 0 Å². The summed E-state index contributed by atoms with van der Waals surface area (Å²) in [6, 6.07) is 8.39. The summed E-state index contributed by atoms with van der Waals surface area (Å²) in [7, 11) is 0. The van der Waals surface area contributed by atoms with Gasteiger partial charge in [-0.3, -0.25) is 4.79 Å². The summed E-state index contributed by atoms with van der Waals surface area (Å²) >= 11 is 0. The molecular formula is C22H13F5N2O4. The molecule has 0 bridgehead atoms. The van der Waals surface area contributed by atoms with Gasteiger partial charge in [-0.1, -0.05) is 0 Å². The molecule has 2 aromatic heterocycles. The molecule has 0 aliphatic heterocycles. The molecule has 170 valence electrons. The summed E-state index contributed by atoms with van der Waals surface area (Å²) in [6.07, 6.45) is -3.72. The number of hydrogen-bond acceptors (Lipinski definition) is 3. The molecule has 0 atom stereocenters. The van der Waals surface area contributed by atoms with Crippen LogP contribution in [0.4, 0.5) is 22.0 Å². The Hall–Kier alpha value is -4.15. The van der Waals surface area contributed by atoms with Crippen LogP contribution in [0.25, 0.3) is 22.0 Å². The molecule has 0 saturated carbocycles. The maximum atomic E-state index is 14.3. The van der Waals surface area contributed by atoms with Crippen LogP contribution in [-0.4, -0.2) is 27.0 Å². The van der Waals surface area contributed by atoms with E-state index in [4.69, 9.17) is 0 Å². The van der Waals surface area contributed by atoms with Crippen molar-refractivity contribution in [3.05, 3.63) is 88.0 Å². The van der Waals surface area contributed by atoms with Crippen molar-refractivity contribution < 1.29 is 36.6 Å². The average Bonchev–Trinajstić information content (AvgIpc) is 3.03. The van der Waals surface area contributed by atoms with Gasteiger partial charge >= 0.3 is 12.3 Å². The van der Waals surface area contributed by atoms with E-state index < -0.39 is 47.5 Å². The predicted molar refractivity (Wildman–Crippen MR) is 107 cm³/mol. The molecule has 0 fully saturated rings. The molecule has 0 unspecified atom stereocenters. The number of H-pyrrole nitrogens is 1. The number of aromatic amines is 1. The molecule has 2 aromatic carbocycles. The van der Waals surface area contributed by atoms with Gasteiger partial charge in [0.15, 0.2) is 0 Å². The van der Waals surface area contributed by atoms with Crippen molar-refractivity contribution in [3.8, 4) is 16.9 Å². The summed E-state index contributed by atoms with van der Waals surface area (Å²) in [5, 5.41) is 9.89. The van der Waals surface area contributed by atoms with Gasteiger partial charge in [0.2, 0.25) is 0 Å². The SMILES string of the molecule is O=C(O)c1c(-c2ccc[nH]c2=O)c2cc(OC(F)(F)F)ccc2n1Cc1cc(F)ccc1F. The van der Waals surface area contributed by atoms with Crippen LogP contribution in [-0.2, 0) is 6.54 Å². The molecule has 0 amide bonds. The number of halogens is 5. The largest absolute Gasteiger partial charge is 0.573 e. The lowest BCUT2D eigenvalue weighted by Gasteiger charge is -2.11. The van der Waals surface area contributed by atoms with E-state index in [1.807, 2.05) is 0 Å². The van der Waals surface area contributed by atoms with E-state index >= 15 is 0 Å². The molecule has 11 heteroatoms. The van der Waals surface area contributed by atoms with E-state index in [2.05, 4.69) is 9.72 Å². The summed E-state index contributed by atoms with van der Waals surface area (Å²) in [5.74, 6) is -3.75. The highest BCUT2D eigenvalue weighted by Gasteiger charge is 2.32. The smallest absolute Gasteiger partial charge is 0.477 e. The highest BCUT2D eigenvalue weighted by Crippen LogP contribution is 2.37. The number of ether oxygens (including phenoxy) is 1. The van der Waals surface area contributed by atoms with Gasteiger partial charge in [-0.05, 0) is 48.5 Å². The molecule has 0 saturated heterocycles. The first-order valence-corrected chi connectivity index (χ1v) is 9.32. The van der Waals surface area contributed by atoms with Crippen molar-refractivity contribution in [1.29, 1.82) is 0 Å². The number of carboxylic acids is 1. The molecule has 0 aliphatic rings. The Morgan fingerprint density at radius 3 is 2.52 bits per heavy atom. The highest BCUT2D eigenvalue weighted by molar-refractivity contribution is 6.08. The third kappa shape index (κ3) is 4.29. The maximum absolute atomic E-state index is 14.3. The number of fused-ring (bicyclic) bond motifs is 1. The number of alkyl halides is 3. The number of nitrogens with one attached hydrogen (secondary N) is 1. The molecule has 0 aliphatic carbocycles. The summed E-state index contributed by atoms with van der Waals surface area (Å²) < 4.78 is 71.3. The molecule has 0 radical (unpaired) electrons. The van der Waals surface area contributed by atoms with Crippen molar-refractivity contribution in [2.24, 2.45) is 0 Å². The van der Waals surface area contributed by atoms with Crippen LogP contribution in [0.15, 0.2) is 59.5 Å². The first kappa shape index (κ1) is 22.1. The van der Waals surface area contributed by atoms with Gasteiger partial charge in [0.25, 0.3) is 5.56 Å². The Morgan fingerprint density at radius 1 is 1.09 bits per heavy atom. The number of aromatic nitrogens is 2. The van der Waals surface area contributed by atoms with Gasteiger partial charge < -0.3 is 19.4 Å². The van der Waals surface area contributed by atoms with Crippen molar-refractivity contribution >= 4 is 16.9 Å². The summed E-state index contributed by atoms with van der Waals surface area (Å²) in [6.45, 7) is -0.466. The van der Waals surface area contributed by atoms with E-state index in [9.17, 15) is 36.6 Å². The predicted octanol–water partition coefficient (Wildman–Crippen LogP) is 4.92. The van der Waals surface area contributed by atoms with Crippen LogP contribution in [0.1, 0.15) is 16.1 Å². The first-order valence-electron chi connectivity index (χ1n) is 9.32. The Kier molecular flexibility index (Phi) is 5.40. The van der Waals surface area contributed by atoms with Gasteiger partial charge in [-0.25, -0.2) is 13.6 Å². The van der Waals surface area contributed by atoms with Crippen LogP contribution in [0.2, 0.25) is 0 Å². The minimum Gasteiger partial charge on any atom is -0.477 e. The van der Waals surface area contributed by atoms with Gasteiger partial charge in [-0.15, -0.1) is 13.2 Å². The zero-order chi connectivity index (χ0) is 23.9. The van der Waals surface area contributed by atoms with E-state index in [1.165, 1.54) is 18.3 Å². The average molecular weight is 464 g/mol. The normalized spacial score (nSPS) is 11.7. The zero-order valence-electron chi connectivity index (χ0n) is 16.4. The van der Waals surface area contributed by atoms with Crippen LogP contribution >= 0.6 is 0 Å². The number of carbonyl (C=O) groups is 1. The first-order chi connectivity index (χ1) is 15.5. The molecule has 2 N–H and O–H groups in total. The fourth-order valence-electron chi connectivity index (χ4n) is 3.64. The van der Waals surface area contributed by atoms with Gasteiger partial charge in [0, 0.05) is 33.8 Å². The Labute approximate surface area is 181 Å². The van der Waals surface area contributed by atoms with Crippen molar-refractivity contribution in [3.63, 3.8) is 0 Å². The standard InChI is InChI=1S/C22H13F5N2O4/c23-12-3-5-16(24)11(8-12)10-29-17-6-4-13(33-22(25,26)27)9-15(17)18(19(29)21(31)32)14-2-1-7-28-20(14)30/h1-9H,10H2,(H,28,30)(H,31,32). The number of carboxylic acid groups (broad SMARTS) is 1. The number of nitrogens with zero attached hydrogens (tertiary/aromatic N) is 1. The topological polar surface area (TPSA) is 84.3 Å².